The lowest BCUT2D eigenvalue weighted by atomic mass is 10.1. The fourth-order valence-corrected chi connectivity index (χ4v) is 3.67. The highest BCUT2D eigenvalue weighted by atomic mass is 32.2. The summed E-state index contributed by atoms with van der Waals surface area (Å²) >= 11 is 1.71. The maximum absolute atomic E-state index is 11.6. The van der Waals surface area contributed by atoms with Crippen LogP contribution >= 0.6 is 11.8 Å². The molecule has 0 bridgehead atoms. The summed E-state index contributed by atoms with van der Waals surface area (Å²) < 4.78 is 10.5. The zero-order chi connectivity index (χ0) is 18.8. The van der Waals surface area contributed by atoms with Crippen molar-refractivity contribution >= 4 is 28.7 Å². The summed E-state index contributed by atoms with van der Waals surface area (Å²) in [6.07, 6.45) is 6.22. The molecule has 0 radical (unpaired) electrons. The topological polar surface area (TPSA) is 56.5 Å². The second-order valence-electron chi connectivity index (χ2n) is 6.52. The smallest absolute Gasteiger partial charge is 0.337 e. The van der Waals surface area contributed by atoms with E-state index >= 15 is 0 Å². The summed E-state index contributed by atoms with van der Waals surface area (Å²) in [6.45, 7) is 4.43. The Hall–Kier alpha value is -1.75. The van der Waals surface area contributed by atoms with Crippen molar-refractivity contribution < 1.29 is 13.9 Å². The molecule has 1 atom stereocenters. The molecule has 0 saturated heterocycles. The van der Waals surface area contributed by atoms with Crippen molar-refractivity contribution in [3.8, 4) is 0 Å². The lowest BCUT2D eigenvalue weighted by Gasteiger charge is -2.09. The second-order valence-corrected chi connectivity index (χ2v) is 7.66. The Morgan fingerprint density at radius 1 is 1.15 bits per heavy atom. The SMILES string of the molecule is CCC(C)C(=O)OCCCCCCCSc1cc(=O)oc2ccccc12. The Balaban J connectivity index is 1.60. The Morgan fingerprint density at radius 3 is 2.69 bits per heavy atom. The maximum Gasteiger partial charge on any atom is 0.337 e. The molecular weight excluding hydrogens is 348 g/mol. The summed E-state index contributed by atoms with van der Waals surface area (Å²) in [6, 6.07) is 9.23. The zero-order valence-corrected chi connectivity index (χ0v) is 16.5. The van der Waals surface area contributed by atoms with E-state index in [-0.39, 0.29) is 17.5 Å². The van der Waals surface area contributed by atoms with Crippen LogP contribution in [0.25, 0.3) is 11.0 Å². The summed E-state index contributed by atoms with van der Waals surface area (Å²) in [5.41, 5.74) is 0.354. The lowest BCUT2D eigenvalue weighted by Crippen LogP contribution is -2.14. The Kier molecular flexibility index (Phi) is 8.75. The third kappa shape index (κ3) is 6.52. The van der Waals surface area contributed by atoms with E-state index in [0.29, 0.717) is 12.2 Å². The first-order chi connectivity index (χ1) is 12.6. The molecule has 0 aliphatic carbocycles. The monoisotopic (exact) mass is 376 g/mol. The molecule has 0 saturated carbocycles. The zero-order valence-electron chi connectivity index (χ0n) is 15.7. The molecule has 0 aliphatic rings. The van der Waals surface area contributed by atoms with E-state index in [0.717, 1.165) is 54.6 Å². The van der Waals surface area contributed by atoms with Gasteiger partial charge in [-0.05, 0) is 31.1 Å². The van der Waals surface area contributed by atoms with Gasteiger partial charge in [-0.25, -0.2) is 4.79 Å². The number of ether oxygens (including phenoxy) is 1. The van der Waals surface area contributed by atoms with Gasteiger partial charge >= 0.3 is 11.6 Å². The van der Waals surface area contributed by atoms with Gasteiger partial charge in [-0.15, -0.1) is 11.8 Å². The number of hydrogen-bond acceptors (Lipinski definition) is 5. The number of benzene rings is 1. The molecule has 0 N–H and O–H groups in total. The van der Waals surface area contributed by atoms with Crippen LogP contribution in [0.15, 0.2) is 44.4 Å². The van der Waals surface area contributed by atoms with Gasteiger partial charge < -0.3 is 9.15 Å². The number of fused-ring (bicyclic) bond motifs is 1. The Labute approximate surface area is 159 Å². The minimum Gasteiger partial charge on any atom is -0.465 e. The number of unbranched alkanes of at least 4 members (excludes halogenated alkanes) is 4. The normalized spacial score (nSPS) is 12.2. The van der Waals surface area contributed by atoms with Crippen LogP contribution in [0.5, 0.6) is 0 Å². The third-order valence-electron chi connectivity index (χ3n) is 4.42. The fraction of sp³-hybridized carbons (Fsp3) is 0.524. The van der Waals surface area contributed by atoms with Gasteiger partial charge in [0, 0.05) is 16.3 Å². The number of carbonyl (C=O) groups excluding carboxylic acids is 1. The molecule has 5 heteroatoms. The average molecular weight is 377 g/mol. The van der Waals surface area contributed by atoms with Crippen LogP contribution in [-0.2, 0) is 9.53 Å². The molecule has 26 heavy (non-hydrogen) atoms. The van der Waals surface area contributed by atoms with Crippen LogP contribution in [0, 0.1) is 5.92 Å². The quantitative estimate of drug-likeness (QED) is 0.227. The predicted octanol–water partition coefficient (Wildman–Crippen LogP) is 5.42. The van der Waals surface area contributed by atoms with Gasteiger partial charge in [-0.1, -0.05) is 51.3 Å². The largest absolute Gasteiger partial charge is 0.465 e. The maximum atomic E-state index is 11.6. The summed E-state index contributed by atoms with van der Waals surface area (Å²) in [5.74, 6) is 0.906. The van der Waals surface area contributed by atoms with Gasteiger partial charge in [0.2, 0.25) is 0 Å². The van der Waals surface area contributed by atoms with E-state index in [4.69, 9.17) is 9.15 Å². The number of esters is 1. The first kappa shape index (κ1) is 20.6. The van der Waals surface area contributed by atoms with Gasteiger partial charge in [0.15, 0.2) is 0 Å². The van der Waals surface area contributed by atoms with Gasteiger partial charge in [0.1, 0.15) is 5.58 Å². The predicted molar refractivity (Wildman–Crippen MR) is 107 cm³/mol. The highest BCUT2D eigenvalue weighted by Crippen LogP contribution is 2.27. The molecule has 4 nitrogen and oxygen atoms in total. The van der Waals surface area contributed by atoms with Crippen LogP contribution in [0.4, 0.5) is 0 Å². The minimum absolute atomic E-state index is 0.00327. The minimum atomic E-state index is -0.293. The Bertz CT molecular complexity index is 753. The molecule has 2 aromatic rings. The highest BCUT2D eigenvalue weighted by molar-refractivity contribution is 7.99. The van der Waals surface area contributed by atoms with E-state index in [9.17, 15) is 9.59 Å². The number of para-hydroxylation sites is 1. The molecular formula is C21H28O4S. The third-order valence-corrected chi connectivity index (χ3v) is 5.56. The lowest BCUT2D eigenvalue weighted by molar-refractivity contribution is -0.148. The Morgan fingerprint density at radius 2 is 1.88 bits per heavy atom. The summed E-state index contributed by atoms with van der Waals surface area (Å²) in [5, 5.41) is 1.00. The average Bonchev–Trinajstić information content (AvgIpc) is 2.65. The molecule has 142 valence electrons. The summed E-state index contributed by atoms with van der Waals surface area (Å²) in [4.78, 5) is 24.2. The van der Waals surface area contributed by atoms with E-state index < -0.39 is 0 Å². The number of thioether (sulfide) groups is 1. The second kappa shape index (κ2) is 11.1. The van der Waals surface area contributed by atoms with Crippen LogP contribution in [0.3, 0.4) is 0 Å². The van der Waals surface area contributed by atoms with Crippen molar-refractivity contribution in [2.45, 2.75) is 57.3 Å². The van der Waals surface area contributed by atoms with Crippen molar-refractivity contribution in [2.75, 3.05) is 12.4 Å². The van der Waals surface area contributed by atoms with Gasteiger partial charge in [0.25, 0.3) is 0 Å². The van der Waals surface area contributed by atoms with Crippen molar-refractivity contribution in [3.05, 3.63) is 40.8 Å². The van der Waals surface area contributed by atoms with E-state index in [1.165, 1.54) is 0 Å². The molecule has 2 rings (SSSR count). The number of rotatable bonds is 11. The van der Waals surface area contributed by atoms with E-state index in [1.807, 2.05) is 38.1 Å². The van der Waals surface area contributed by atoms with Crippen LogP contribution in [0.2, 0.25) is 0 Å². The molecule has 1 aromatic heterocycles. The molecule has 1 heterocycles. The van der Waals surface area contributed by atoms with Crippen molar-refractivity contribution in [2.24, 2.45) is 5.92 Å². The highest BCUT2D eigenvalue weighted by Gasteiger charge is 2.11. The molecule has 0 spiro atoms. The van der Waals surface area contributed by atoms with Gasteiger partial charge in [0.05, 0.1) is 12.5 Å². The molecule has 0 aliphatic heterocycles. The summed E-state index contributed by atoms with van der Waals surface area (Å²) in [7, 11) is 0. The molecule has 1 aromatic carbocycles. The first-order valence-electron chi connectivity index (χ1n) is 9.44. The first-order valence-corrected chi connectivity index (χ1v) is 10.4. The van der Waals surface area contributed by atoms with E-state index in [2.05, 4.69) is 0 Å². The fourth-order valence-electron chi connectivity index (χ4n) is 2.60. The molecule has 0 fully saturated rings. The van der Waals surface area contributed by atoms with Crippen LogP contribution in [0.1, 0.15) is 52.4 Å². The van der Waals surface area contributed by atoms with Crippen molar-refractivity contribution in [1.82, 2.24) is 0 Å². The van der Waals surface area contributed by atoms with E-state index in [1.54, 1.807) is 17.8 Å². The number of hydrogen-bond donors (Lipinski definition) is 0. The van der Waals surface area contributed by atoms with Crippen LogP contribution < -0.4 is 5.63 Å². The van der Waals surface area contributed by atoms with Gasteiger partial charge in [-0.3, -0.25) is 4.79 Å². The molecule has 0 amide bonds. The van der Waals surface area contributed by atoms with Gasteiger partial charge in [-0.2, -0.15) is 0 Å². The van der Waals surface area contributed by atoms with Crippen molar-refractivity contribution in [1.29, 1.82) is 0 Å². The van der Waals surface area contributed by atoms with Crippen LogP contribution in [-0.4, -0.2) is 18.3 Å². The molecule has 1 unspecified atom stereocenters. The number of carbonyl (C=O) groups is 1. The standard InChI is InChI=1S/C21H28O4S/c1-3-16(2)21(23)24-13-9-5-4-6-10-14-26-19-15-20(22)25-18-12-8-7-11-17(18)19/h7-8,11-12,15-16H,3-6,9-10,13-14H2,1-2H3. The van der Waals surface area contributed by atoms with Crippen molar-refractivity contribution in [3.63, 3.8) is 0 Å².